The van der Waals surface area contributed by atoms with Crippen molar-refractivity contribution in [2.24, 2.45) is 12.8 Å². The molecule has 6 heteroatoms. The number of rotatable bonds is 2. The molecule has 0 bridgehead atoms. The highest BCUT2D eigenvalue weighted by Crippen LogP contribution is 2.30. The zero-order chi connectivity index (χ0) is 14.2. The Kier molecular flexibility index (Phi) is 3.52. The Morgan fingerprint density at radius 1 is 1.55 bits per heavy atom. The minimum atomic E-state index is -0.780. The number of carbonyl (C=O) groups excluding carboxylic acids is 1. The van der Waals surface area contributed by atoms with Crippen LogP contribution in [-0.2, 0) is 23.0 Å². The van der Waals surface area contributed by atoms with Crippen molar-refractivity contribution in [1.82, 2.24) is 15.1 Å². The van der Waals surface area contributed by atoms with Crippen LogP contribution in [0.25, 0.3) is 0 Å². The molecule has 1 fully saturated rings. The van der Waals surface area contributed by atoms with Crippen LogP contribution in [0.5, 0.6) is 0 Å². The van der Waals surface area contributed by atoms with Gasteiger partial charge in [-0.3, -0.25) is 9.48 Å². The normalized spacial score (nSPS) is 25.0. The van der Waals surface area contributed by atoms with E-state index in [1.165, 1.54) is 5.69 Å². The van der Waals surface area contributed by atoms with Gasteiger partial charge in [0.1, 0.15) is 0 Å². The third kappa shape index (κ3) is 2.33. The lowest BCUT2D eigenvalue weighted by Gasteiger charge is -2.34. The smallest absolute Gasteiger partial charge is 0.240 e. The standard InChI is InChI=1S/C14H22N4O2/c1-18-12-4-2-3-11(10(12)9-16-18)17-13(19)14(15)5-7-20-8-6-14/h9,11H,2-8,15H2,1H3,(H,17,19). The molecule has 1 aromatic heterocycles. The molecule has 1 unspecified atom stereocenters. The van der Waals surface area contributed by atoms with E-state index in [2.05, 4.69) is 10.4 Å². The van der Waals surface area contributed by atoms with Crippen LogP contribution in [0, 0.1) is 0 Å². The Morgan fingerprint density at radius 2 is 2.30 bits per heavy atom. The van der Waals surface area contributed by atoms with Gasteiger partial charge in [-0.1, -0.05) is 0 Å². The topological polar surface area (TPSA) is 82.2 Å². The number of amides is 1. The zero-order valence-corrected chi connectivity index (χ0v) is 11.9. The SMILES string of the molecule is Cn1ncc2c1CCCC2NC(=O)C1(N)CCOCC1. The molecule has 3 rings (SSSR count). The Labute approximate surface area is 118 Å². The van der Waals surface area contributed by atoms with E-state index in [0.29, 0.717) is 26.1 Å². The van der Waals surface area contributed by atoms with Gasteiger partial charge < -0.3 is 15.8 Å². The van der Waals surface area contributed by atoms with Gasteiger partial charge in [-0.2, -0.15) is 5.10 Å². The van der Waals surface area contributed by atoms with E-state index in [9.17, 15) is 4.79 Å². The van der Waals surface area contributed by atoms with Crippen molar-refractivity contribution in [2.75, 3.05) is 13.2 Å². The zero-order valence-electron chi connectivity index (χ0n) is 11.9. The predicted molar refractivity (Wildman–Crippen MR) is 74.0 cm³/mol. The molecule has 6 nitrogen and oxygen atoms in total. The third-order valence-corrected chi connectivity index (χ3v) is 4.52. The minimum Gasteiger partial charge on any atom is -0.381 e. The lowest BCUT2D eigenvalue weighted by Crippen LogP contribution is -2.57. The maximum atomic E-state index is 12.5. The average molecular weight is 278 g/mol. The number of nitrogens with one attached hydrogen (secondary N) is 1. The maximum absolute atomic E-state index is 12.5. The molecule has 0 spiro atoms. The third-order valence-electron chi connectivity index (χ3n) is 4.52. The van der Waals surface area contributed by atoms with E-state index in [1.54, 1.807) is 0 Å². The fraction of sp³-hybridized carbons (Fsp3) is 0.714. The summed E-state index contributed by atoms with van der Waals surface area (Å²) in [5.41, 5.74) is 7.82. The summed E-state index contributed by atoms with van der Waals surface area (Å²) >= 11 is 0. The van der Waals surface area contributed by atoms with E-state index in [1.807, 2.05) is 17.9 Å². The summed E-state index contributed by atoms with van der Waals surface area (Å²) in [5.74, 6) is -0.0532. The van der Waals surface area contributed by atoms with E-state index >= 15 is 0 Å². The second-order valence-electron chi connectivity index (χ2n) is 5.86. The Balaban J connectivity index is 1.73. The minimum absolute atomic E-state index is 0.0446. The summed E-state index contributed by atoms with van der Waals surface area (Å²) < 4.78 is 7.19. The molecule has 1 amide bonds. The number of nitrogens with zero attached hydrogens (tertiary/aromatic N) is 2. The first-order valence-electron chi connectivity index (χ1n) is 7.28. The first-order valence-corrected chi connectivity index (χ1v) is 7.28. The van der Waals surface area contributed by atoms with Gasteiger partial charge in [0.2, 0.25) is 5.91 Å². The van der Waals surface area contributed by atoms with Gasteiger partial charge in [-0.05, 0) is 32.1 Å². The summed E-state index contributed by atoms with van der Waals surface area (Å²) in [6, 6.07) is 0.0446. The average Bonchev–Trinajstić information content (AvgIpc) is 2.83. The van der Waals surface area contributed by atoms with Crippen LogP contribution in [0.2, 0.25) is 0 Å². The lowest BCUT2D eigenvalue weighted by atomic mass is 9.88. The summed E-state index contributed by atoms with van der Waals surface area (Å²) in [4.78, 5) is 12.5. The number of fused-ring (bicyclic) bond motifs is 1. The first kappa shape index (κ1) is 13.6. The molecule has 1 aliphatic carbocycles. The molecule has 2 heterocycles. The highest BCUT2D eigenvalue weighted by atomic mass is 16.5. The van der Waals surface area contributed by atoms with Crippen LogP contribution < -0.4 is 11.1 Å². The number of aromatic nitrogens is 2. The van der Waals surface area contributed by atoms with Crippen LogP contribution in [0.1, 0.15) is 43.0 Å². The molecule has 1 atom stereocenters. The van der Waals surface area contributed by atoms with E-state index in [-0.39, 0.29) is 11.9 Å². The number of hydrogen-bond acceptors (Lipinski definition) is 4. The number of aryl methyl sites for hydroxylation is 1. The molecule has 1 aromatic rings. The summed E-state index contributed by atoms with van der Waals surface area (Å²) in [6.07, 6.45) is 6.10. The van der Waals surface area contributed by atoms with E-state index < -0.39 is 5.54 Å². The van der Waals surface area contributed by atoms with Crippen molar-refractivity contribution in [1.29, 1.82) is 0 Å². The molecule has 1 saturated heterocycles. The first-order chi connectivity index (χ1) is 9.60. The van der Waals surface area contributed by atoms with Gasteiger partial charge in [-0.25, -0.2) is 0 Å². The van der Waals surface area contributed by atoms with Crippen molar-refractivity contribution in [3.05, 3.63) is 17.5 Å². The summed E-state index contributed by atoms with van der Waals surface area (Å²) in [7, 11) is 1.95. The lowest BCUT2D eigenvalue weighted by molar-refractivity contribution is -0.130. The van der Waals surface area contributed by atoms with Gasteiger partial charge in [0.05, 0.1) is 17.8 Å². The van der Waals surface area contributed by atoms with Gasteiger partial charge in [-0.15, -0.1) is 0 Å². The monoisotopic (exact) mass is 278 g/mol. The molecule has 3 N–H and O–H groups in total. The fourth-order valence-electron chi connectivity index (χ4n) is 3.12. The number of hydrogen-bond donors (Lipinski definition) is 2. The Bertz CT molecular complexity index is 505. The molecule has 1 aliphatic heterocycles. The van der Waals surface area contributed by atoms with Crippen LogP contribution >= 0.6 is 0 Å². The second kappa shape index (κ2) is 5.18. The van der Waals surface area contributed by atoms with Crippen molar-refractivity contribution >= 4 is 5.91 Å². The highest BCUT2D eigenvalue weighted by Gasteiger charge is 2.37. The number of nitrogens with two attached hydrogens (primary N) is 1. The molecule has 0 saturated carbocycles. The molecule has 20 heavy (non-hydrogen) atoms. The Hall–Kier alpha value is -1.40. The largest absolute Gasteiger partial charge is 0.381 e. The molecular formula is C14H22N4O2. The van der Waals surface area contributed by atoms with Crippen molar-refractivity contribution in [3.63, 3.8) is 0 Å². The summed E-state index contributed by atoms with van der Waals surface area (Å²) in [5, 5.41) is 7.43. The van der Waals surface area contributed by atoms with Crippen LogP contribution in [-0.4, -0.2) is 34.4 Å². The van der Waals surface area contributed by atoms with Gasteiger partial charge >= 0.3 is 0 Å². The predicted octanol–water partition coefficient (Wildman–Crippen LogP) is 0.422. The fourth-order valence-corrected chi connectivity index (χ4v) is 3.12. The number of ether oxygens (including phenoxy) is 1. The highest BCUT2D eigenvalue weighted by molar-refractivity contribution is 5.86. The van der Waals surface area contributed by atoms with Gasteiger partial charge in [0.15, 0.2) is 0 Å². The van der Waals surface area contributed by atoms with Gasteiger partial charge in [0.25, 0.3) is 0 Å². The van der Waals surface area contributed by atoms with Crippen molar-refractivity contribution in [2.45, 2.75) is 43.7 Å². The molecule has 110 valence electrons. The van der Waals surface area contributed by atoms with Crippen molar-refractivity contribution in [3.8, 4) is 0 Å². The van der Waals surface area contributed by atoms with E-state index in [4.69, 9.17) is 10.5 Å². The van der Waals surface area contributed by atoms with Crippen molar-refractivity contribution < 1.29 is 9.53 Å². The molecule has 0 radical (unpaired) electrons. The van der Waals surface area contributed by atoms with Crippen LogP contribution in [0.15, 0.2) is 6.20 Å². The second-order valence-corrected chi connectivity index (χ2v) is 5.86. The Morgan fingerprint density at radius 3 is 3.05 bits per heavy atom. The maximum Gasteiger partial charge on any atom is 0.240 e. The quantitative estimate of drug-likeness (QED) is 0.821. The molecule has 2 aliphatic rings. The van der Waals surface area contributed by atoms with E-state index in [0.717, 1.165) is 24.8 Å². The van der Waals surface area contributed by atoms with Crippen LogP contribution in [0.4, 0.5) is 0 Å². The summed E-state index contributed by atoms with van der Waals surface area (Å²) in [6.45, 7) is 1.12. The number of carbonyl (C=O) groups is 1. The molecule has 0 aromatic carbocycles. The van der Waals surface area contributed by atoms with Gasteiger partial charge in [0, 0.05) is 31.5 Å². The molecular weight excluding hydrogens is 256 g/mol. The van der Waals surface area contributed by atoms with Crippen LogP contribution in [0.3, 0.4) is 0 Å².